The molecule has 1 N–H and O–H groups in total. The second kappa shape index (κ2) is 11.5. The van der Waals surface area contributed by atoms with Crippen LogP contribution in [0.3, 0.4) is 0 Å². The minimum atomic E-state index is -3.30. The van der Waals surface area contributed by atoms with Gasteiger partial charge in [-0.05, 0) is 30.3 Å². The third-order valence-corrected chi connectivity index (χ3v) is 7.98. The molecule has 0 spiro atoms. The summed E-state index contributed by atoms with van der Waals surface area (Å²) < 4.78 is 25.0. The van der Waals surface area contributed by atoms with Crippen molar-refractivity contribution in [3.8, 4) is 0 Å². The van der Waals surface area contributed by atoms with Crippen LogP contribution in [0.1, 0.15) is 25.8 Å². The molecule has 0 aromatic heterocycles. The quantitative estimate of drug-likeness (QED) is 0.590. The van der Waals surface area contributed by atoms with Crippen LogP contribution in [0, 0.1) is 0 Å². The second-order valence-electron chi connectivity index (χ2n) is 4.98. The van der Waals surface area contributed by atoms with Crippen molar-refractivity contribution in [2.45, 2.75) is 26.8 Å². The molecule has 1 rings (SSSR count). The highest BCUT2D eigenvalue weighted by Crippen LogP contribution is 2.62. The summed E-state index contributed by atoms with van der Waals surface area (Å²) in [5.41, 5.74) is 0.977. The summed E-state index contributed by atoms with van der Waals surface area (Å²) in [6.45, 7) is 1.63. The molecule has 6 nitrogen and oxygen atoms in total. The highest BCUT2D eigenvalue weighted by atomic mass is 32.7. The highest BCUT2D eigenvalue weighted by molar-refractivity contribution is 8.56. The van der Waals surface area contributed by atoms with Gasteiger partial charge in [0.05, 0.1) is 19.8 Å². The van der Waals surface area contributed by atoms with Crippen LogP contribution in [0.5, 0.6) is 0 Å². The molecule has 0 saturated heterocycles. The van der Waals surface area contributed by atoms with Gasteiger partial charge in [0.2, 0.25) is 0 Å². The molecule has 1 atom stereocenters. The lowest BCUT2D eigenvalue weighted by atomic mass is 10.2. The fourth-order valence-corrected chi connectivity index (χ4v) is 6.30. The first-order valence-corrected chi connectivity index (χ1v) is 11.2. The Morgan fingerprint density at radius 3 is 2.58 bits per heavy atom. The minimum absolute atomic E-state index is 0.213. The Morgan fingerprint density at radius 2 is 2.00 bits per heavy atom. The van der Waals surface area contributed by atoms with E-state index in [1.165, 1.54) is 16.1 Å². The molecule has 8 heteroatoms. The summed E-state index contributed by atoms with van der Waals surface area (Å²) in [7, 11) is 1.55. The lowest BCUT2D eigenvalue weighted by molar-refractivity contribution is 0.168. The van der Waals surface area contributed by atoms with Crippen molar-refractivity contribution in [1.29, 1.82) is 0 Å². The molecule has 24 heavy (non-hydrogen) atoms. The minimum Gasteiger partial charge on any atom is -0.383 e. The number of hydrogen-bond acceptors (Lipinski definition) is 5. The molecule has 1 aromatic rings. The van der Waals surface area contributed by atoms with Gasteiger partial charge in [-0.1, -0.05) is 37.3 Å². The smallest absolute Gasteiger partial charge is 0.357 e. The summed E-state index contributed by atoms with van der Waals surface area (Å²) in [5.74, 6) is 0.659. The van der Waals surface area contributed by atoms with E-state index in [1.807, 2.05) is 37.3 Å². The van der Waals surface area contributed by atoms with E-state index in [2.05, 4.69) is 5.32 Å². The van der Waals surface area contributed by atoms with Crippen LogP contribution in [-0.4, -0.2) is 43.3 Å². The fraction of sp³-hybridized carbons (Fsp3) is 0.562. The number of carbonyl (C=O) groups excluding carboxylic acids is 1. The van der Waals surface area contributed by atoms with Crippen LogP contribution < -0.4 is 5.32 Å². The van der Waals surface area contributed by atoms with Gasteiger partial charge in [0, 0.05) is 19.4 Å². The zero-order valence-electron chi connectivity index (χ0n) is 14.6. The average molecular weight is 374 g/mol. The maximum absolute atomic E-state index is 13.2. The SMILES string of the molecule is CCCSP(=O)(OCC)N(CCOC)C(=O)NCc1ccccc1. The number of methoxy groups -OCH3 is 1. The van der Waals surface area contributed by atoms with Gasteiger partial charge >= 0.3 is 12.8 Å². The molecule has 0 bridgehead atoms. The first kappa shape index (κ1) is 21.0. The number of ether oxygens (including phenoxy) is 1. The lowest BCUT2D eigenvalue weighted by Crippen LogP contribution is -2.39. The van der Waals surface area contributed by atoms with Crippen molar-refractivity contribution >= 4 is 24.1 Å². The lowest BCUT2D eigenvalue weighted by Gasteiger charge is -2.30. The van der Waals surface area contributed by atoms with Gasteiger partial charge in [-0.2, -0.15) is 0 Å². The van der Waals surface area contributed by atoms with E-state index >= 15 is 0 Å². The van der Waals surface area contributed by atoms with E-state index in [4.69, 9.17) is 9.26 Å². The van der Waals surface area contributed by atoms with E-state index in [1.54, 1.807) is 14.0 Å². The summed E-state index contributed by atoms with van der Waals surface area (Å²) >= 11 is 1.20. The zero-order chi connectivity index (χ0) is 17.8. The summed E-state index contributed by atoms with van der Waals surface area (Å²) in [5, 5.41) is 2.81. The molecule has 136 valence electrons. The Bertz CT molecular complexity index is 530. The van der Waals surface area contributed by atoms with Gasteiger partial charge in [-0.25, -0.2) is 9.46 Å². The zero-order valence-corrected chi connectivity index (χ0v) is 16.3. The van der Waals surface area contributed by atoms with Gasteiger partial charge in [-0.3, -0.25) is 4.57 Å². The van der Waals surface area contributed by atoms with Gasteiger partial charge in [0.25, 0.3) is 0 Å². The number of urea groups is 1. The number of rotatable bonds is 11. The monoisotopic (exact) mass is 374 g/mol. The molecule has 2 amide bonds. The average Bonchev–Trinajstić information content (AvgIpc) is 2.59. The maximum Gasteiger partial charge on any atom is 0.357 e. The van der Waals surface area contributed by atoms with Gasteiger partial charge in [-0.15, -0.1) is 0 Å². The molecule has 0 saturated carbocycles. The first-order valence-electron chi connectivity index (χ1n) is 8.05. The van der Waals surface area contributed by atoms with Gasteiger partial charge in [0.1, 0.15) is 0 Å². The Balaban J connectivity index is 2.83. The molecule has 0 heterocycles. The summed E-state index contributed by atoms with van der Waals surface area (Å²) in [6, 6.07) is 9.18. The van der Waals surface area contributed by atoms with Crippen molar-refractivity contribution in [1.82, 2.24) is 9.99 Å². The van der Waals surface area contributed by atoms with E-state index in [9.17, 15) is 9.36 Å². The molecule has 0 fully saturated rings. The molecule has 1 aromatic carbocycles. The van der Waals surface area contributed by atoms with Crippen molar-refractivity contribution in [3.63, 3.8) is 0 Å². The third kappa shape index (κ3) is 6.85. The van der Waals surface area contributed by atoms with Crippen molar-refractivity contribution in [3.05, 3.63) is 35.9 Å². The molecule has 0 radical (unpaired) electrons. The molecule has 1 unspecified atom stereocenters. The van der Waals surface area contributed by atoms with Crippen LogP contribution >= 0.6 is 18.1 Å². The number of nitrogens with zero attached hydrogens (tertiary/aromatic N) is 1. The van der Waals surface area contributed by atoms with Crippen molar-refractivity contribution in [2.24, 2.45) is 0 Å². The van der Waals surface area contributed by atoms with Gasteiger partial charge < -0.3 is 14.6 Å². The largest absolute Gasteiger partial charge is 0.383 e. The van der Waals surface area contributed by atoms with Crippen LogP contribution in [0.15, 0.2) is 30.3 Å². The molecular formula is C16H27N2O4PS. The maximum atomic E-state index is 13.2. The second-order valence-corrected chi connectivity index (χ2v) is 9.48. The summed E-state index contributed by atoms with van der Waals surface area (Å²) in [6.07, 6.45) is 0.853. The number of carbonyl (C=O) groups is 1. The van der Waals surface area contributed by atoms with Crippen LogP contribution in [0.25, 0.3) is 0 Å². The van der Waals surface area contributed by atoms with E-state index in [0.29, 0.717) is 18.9 Å². The number of amides is 2. The number of benzene rings is 1. The molecule has 0 aliphatic heterocycles. The van der Waals surface area contributed by atoms with Gasteiger partial charge in [0.15, 0.2) is 0 Å². The predicted molar refractivity (Wildman–Crippen MR) is 99.2 cm³/mol. The van der Waals surface area contributed by atoms with E-state index in [-0.39, 0.29) is 13.2 Å². The highest BCUT2D eigenvalue weighted by Gasteiger charge is 2.35. The fourth-order valence-electron chi connectivity index (χ4n) is 1.92. The number of hydrogen-bond donors (Lipinski definition) is 1. The van der Waals surface area contributed by atoms with Crippen LogP contribution in [0.2, 0.25) is 0 Å². The predicted octanol–water partition coefficient (Wildman–Crippen LogP) is 4.13. The van der Waals surface area contributed by atoms with E-state index in [0.717, 1.165) is 12.0 Å². The molecular weight excluding hydrogens is 347 g/mol. The third-order valence-electron chi connectivity index (χ3n) is 3.07. The Labute approximate surface area is 148 Å². The number of nitrogens with one attached hydrogen (secondary N) is 1. The summed E-state index contributed by atoms with van der Waals surface area (Å²) in [4.78, 5) is 12.6. The Hall–Kier alpha value is -1.01. The van der Waals surface area contributed by atoms with Crippen molar-refractivity contribution < 1.29 is 18.6 Å². The standard InChI is InChI=1S/C16H27N2O4PS/c1-4-13-24-23(20,22-5-2)18(11-12-21-3)16(19)17-14-15-9-7-6-8-10-15/h6-10H,4-5,11-14H2,1-3H3,(H,17,19). The van der Waals surface area contributed by atoms with Crippen LogP contribution in [-0.2, 0) is 20.4 Å². The Morgan fingerprint density at radius 1 is 1.29 bits per heavy atom. The molecule has 0 aliphatic carbocycles. The molecule has 0 aliphatic rings. The van der Waals surface area contributed by atoms with Crippen molar-refractivity contribution in [2.75, 3.05) is 32.6 Å². The first-order chi connectivity index (χ1) is 11.6. The topological polar surface area (TPSA) is 67.9 Å². The Kier molecular flexibility index (Phi) is 10.1. The van der Waals surface area contributed by atoms with Crippen LogP contribution in [0.4, 0.5) is 4.79 Å². The normalized spacial score (nSPS) is 13.3. The van der Waals surface area contributed by atoms with E-state index < -0.39 is 12.8 Å².